The second-order valence-corrected chi connectivity index (χ2v) is 6.27. The summed E-state index contributed by atoms with van der Waals surface area (Å²) in [6, 6.07) is -0.226. The van der Waals surface area contributed by atoms with E-state index in [2.05, 4.69) is 17.0 Å². The van der Waals surface area contributed by atoms with Crippen LogP contribution in [0.15, 0.2) is 0 Å². The van der Waals surface area contributed by atoms with Crippen molar-refractivity contribution in [2.75, 3.05) is 13.6 Å². The minimum atomic E-state index is -0.249. The third-order valence-electron chi connectivity index (χ3n) is 4.17. The van der Waals surface area contributed by atoms with E-state index in [9.17, 15) is 4.79 Å². The van der Waals surface area contributed by atoms with Gasteiger partial charge in [0.2, 0.25) is 5.91 Å². The largest absolute Gasteiger partial charge is 0.344 e. The normalized spacial score (nSPS) is 20.7. The van der Waals surface area contributed by atoms with Gasteiger partial charge in [-0.2, -0.15) is 5.10 Å². The van der Waals surface area contributed by atoms with Crippen LogP contribution in [-0.2, 0) is 18.3 Å². The quantitative estimate of drug-likeness (QED) is 0.815. The van der Waals surface area contributed by atoms with Crippen LogP contribution in [0.1, 0.15) is 43.2 Å². The first-order valence-corrected chi connectivity index (χ1v) is 7.72. The molecule has 0 aromatic carbocycles. The van der Waals surface area contributed by atoms with E-state index in [1.54, 1.807) is 4.90 Å². The summed E-state index contributed by atoms with van der Waals surface area (Å²) in [5.41, 5.74) is 2.71. The molecule has 21 heavy (non-hydrogen) atoms. The number of aromatic nitrogens is 4. The summed E-state index contributed by atoms with van der Waals surface area (Å²) in [6.07, 6.45) is 1.59. The molecule has 1 saturated heterocycles. The maximum Gasteiger partial charge on any atom is 0.245 e. The topological polar surface area (TPSA) is 56.0 Å². The van der Waals surface area contributed by atoms with Gasteiger partial charge in [0.05, 0.1) is 11.1 Å². The van der Waals surface area contributed by atoms with Crippen LogP contribution in [0.3, 0.4) is 0 Å². The third kappa shape index (κ3) is 2.04. The Labute approximate surface area is 128 Å². The van der Waals surface area contributed by atoms with E-state index in [1.807, 2.05) is 30.3 Å². The summed E-state index contributed by atoms with van der Waals surface area (Å²) < 4.78 is 3.81. The fraction of sp³-hybridized carbons (Fsp3) is 0.643. The van der Waals surface area contributed by atoms with Crippen molar-refractivity contribution >= 4 is 28.7 Å². The van der Waals surface area contributed by atoms with Crippen LogP contribution in [0.5, 0.6) is 0 Å². The molecule has 6 nitrogen and oxygen atoms in total. The molecule has 0 radical (unpaired) electrons. The van der Waals surface area contributed by atoms with Gasteiger partial charge in [-0.1, -0.05) is 6.92 Å². The summed E-state index contributed by atoms with van der Waals surface area (Å²) in [5.74, 6) is 0.870. The Morgan fingerprint density at radius 1 is 1.43 bits per heavy atom. The van der Waals surface area contributed by atoms with E-state index in [0.29, 0.717) is 0 Å². The lowest BCUT2D eigenvalue weighted by Gasteiger charge is -2.17. The molecule has 114 valence electrons. The van der Waals surface area contributed by atoms with E-state index in [1.165, 1.54) is 0 Å². The summed E-state index contributed by atoms with van der Waals surface area (Å²) in [7, 11) is 3.73. The Hall–Kier alpha value is -1.56. The third-order valence-corrected chi connectivity index (χ3v) is 4.36. The molecule has 7 heteroatoms. The Bertz CT molecular complexity index is 702. The number of hydrogen-bond acceptors (Lipinski definition) is 3. The van der Waals surface area contributed by atoms with Crippen LogP contribution in [0.2, 0.25) is 0 Å². The number of halogens is 1. The SMILES string of the molecule is CCc1nn(C)c2c1nc(C(C)Cl)n2C1CCN(C)C1=O. The van der Waals surface area contributed by atoms with E-state index < -0.39 is 0 Å². The van der Waals surface area contributed by atoms with Crippen molar-refractivity contribution < 1.29 is 4.79 Å². The van der Waals surface area contributed by atoms with Crippen molar-refractivity contribution in [3.05, 3.63) is 11.5 Å². The summed E-state index contributed by atoms with van der Waals surface area (Å²) in [5, 5.41) is 4.26. The molecule has 2 aromatic heterocycles. The van der Waals surface area contributed by atoms with Crippen LogP contribution in [0, 0.1) is 0 Å². The number of alkyl halides is 1. The molecule has 3 rings (SSSR count). The molecule has 1 aliphatic heterocycles. The number of carbonyl (C=O) groups is 1. The molecule has 3 heterocycles. The fourth-order valence-electron chi connectivity index (χ4n) is 3.09. The first-order valence-electron chi connectivity index (χ1n) is 7.28. The molecule has 1 amide bonds. The highest BCUT2D eigenvalue weighted by Gasteiger charge is 2.35. The number of imidazole rings is 1. The lowest BCUT2D eigenvalue weighted by atomic mass is 10.2. The second-order valence-electron chi connectivity index (χ2n) is 5.62. The van der Waals surface area contributed by atoms with Gasteiger partial charge < -0.3 is 4.90 Å². The zero-order valence-corrected chi connectivity index (χ0v) is 13.6. The molecular weight excluding hydrogens is 290 g/mol. The maximum atomic E-state index is 12.4. The summed E-state index contributed by atoms with van der Waals surface area (Å²) in [6.45, 7) is 4.71. The molecule has 1 aliphatic rings. The van der Waals surface area contributed by atoms with Crippen LogP contribution < -0.4 is 0 Å². The van der Waals surface area contributed by atoms with Gasteiger partial charge in [-0.3, -0.25) is 14.0 Å². The average molecular weight is 310 g/mol. The number of nitrogens with zero attached hydrogens (tertiary/aromatic N) is 5. The Morgan fingerprint density at radius 3 is 2.67 bits per heavy atom. The Balaban J connectivity index is 2.26. The highest BCUT2D eigenvalue weighted by atomic mass is 35.5. The summed E-state index contributed by atoms with van der Waals surface area (Å²) >= 11 is 6.31. The number of likely N-dealkylation sites (tertiary alicyclic amines) is 1. The number of hydrogen-bond donors (Lipinski definition) is 0. The molecule has 2 atom stereocenters. The molecule has 0 N–H and O–H groups in total. The minimum absolute atomic E-state index is 0.118. The zero-order chi connectivity index (χ0) is 15.3. The molecule has 0 spiro atoms. The lowest BCUT2D eigenvalue weighted by molar-refractivity contribution is -0.129. The Kier molecular flexibility index (Phi) is 3.43. The van der Waals surface area contributed by atoms with Crippen LogP contribution >= 0.6 is 11.6 Å². The number of likely N-dealkylation sites (N-methyl/N-ethyl adjacent to an activating group) is 1. The number of fused-ring (bicyclic) bond motifs is 1. The highest BCUT2D eigenvalue weighted by molar-refractivity contribution is 6.20. The van der Waals surface area contributed by atoms with Gasteiger partial charge >= 0.3 is 0 Å². The van der Waals surface area contributed by atoms with Crippen molar-refractivity contribution in [2.45, 2.75) is 38.1 Å². The number of amides is 1. The van der Waals surface area contributed by atoms with E-state index in [0.717, 1.165) is 42.1 Å². The molecule has 2 aromatic rings. The molecular formula is C14H20ClN5O. The first-order chi connectivity index (χ1) is 9.95. The summed E-state index contributed by atoms with van der Waals surface area (Å²) in [4.78, 5) is 18.9. The minimum Gasteiger partial charge on any atom is -0.344 e. The van der Waals surface area contributed by atoms with E-state index >= 15 is 0 Å². The fourth-order valence-corrected chi connectivity index (χ4v) is 3.24. The van der Waals surface area contributed by atoms with Gasteiger partial charge in [0, 0.05) is 20.6 Å². The predicted molar refractivity (Wildman–Crippen MR) is 81.4 cm³/mol. The Morgan fingerprint density at radius 2 is 2.14 bits per heavy atom. The van der Waals surface area contributed by atoms with Gasteiger partial charge in [-0.05, 0) is 19.8 Å². The van der Waals surface area contributed by atoms with E-state index in [4.69, 9.17) is 11.6 Å². The number of aryl methyl sites for hydroxylation is 2. The molecule has 0 aliphatic carbocycles. The lowest BCUT2D eigenvalue weighted by Crippen LogP contribution is -2.26. The van der Waals surface area contributed by atoms with Crippen molar-refractivity contribution in [3.8, 4) is 0 Å². The van der Waals surface area contributed by atoms with Gasteiger partial charge in [-0.25, -0.2) is 4.98 Å². The van der Waals surface area contributed by atoms with Crippen molar-refractivity contribution in [3.63, 3.8) is 0 Å². The average Bonchev–Trinajstić information content (AvgIpc) is 3.06. The van der Waals surface area contributed by atoms with Crippen LogP contribution in [0.4, 0.5) is 0 Å². The zero-order valence-electron chi connectivity index (χ0n) is 12.8. The van der Waals surface area contributed by atoms with E-state index in [-0.39, 0.29) is 17.3 Å². The van der Waals surface area contributed by atoms with Crippen molar-refractivity contribution in [2.24, 2.45) is 7.05 Å². The number of rotatable bonds is 3. The van der Waals surface area contributed by atoms with Gasteiger partial charge in [0.25, 0.3) is 0 Å². The molecule has 0 saturated carbocycles. The molecule has 0 bridgehead atoms. The smallest absolute Gasteiger partial charge is 0.245 e. The predicted octanol–water partition coefficient (Wildman–Crippen LogP) is 2.04. The molecule has 1 fully saturated rings. The van der Waals surface area contributed by atoms with Crippen molar-refractivity contribution in [1.82, 2.24) is 24.2 Å². The second kappa shape index (κ2) is 5.02. The maximum absolute atomic E-state index is 12.4. The van der Waals surface area contributed by atoms with Crippen LogP contribution in [-0.4, -0.2) is 43.7 Å². The van der Waals surface area contributed by atoms with Gasteiger partial charge in [0.1, 0.15) is 17.4 Å². The highest BCUT2D eigenvalue weighted by Crippen LogP contribution is 2.33. The van der Waals surface area contributed by atoms with Gasteiger partial charge in [0.15, 0.2) is 5.65 Å². The standard InChI is InChI=1S/C14H20ClN5O/c1-5-9-11-13(19(4)17-9)20(12(16-11)8(2)15)10-6-7-18(3)14(10)21/h8,10H,5-7H2,1-4H3. The first kappa shape index (κ1) is 14.4. The van der Waals surface area contributed by atoms with Crippen molar-refractivity contribution in [1.29, 1.82) is 0 Å². The van der Waals surface area contributed by atoms with Gasteiger partial charge in [-0.15, -0.1) is 11.6 Å². The van der Waals surface area contributed by atoms with Crippen LogP contribution in [0.25, 0.3) is 11.2 Å². The molecule has 2 unspecified atom stereocenters. The monoisotopic (exact) mass is 309 g/mol. The number of carbonyl (C=O) groups excluding carboxylic acids is 1.